The molecule has 1 nitrogen and oxygen atoms in total. The Morgan fingerprint density at radius 1 is 1.23 bits per heavy atom. The molecular formula is C9H11F2IO. The molecule has 0 aromatic carbocycles. The average Bonchev–Trinajstić information content (AvgIpc) is 1.93. The summed E-state index contributed by atoms with van der Waals surface area (Å²) >= 11 is -1.25. The molecule has 0 atom stereocenters. The van der Waals surface area contributed by atoms with Gasteiger partial charge in [0.15, 0.2) is 13.4 Å². The molecule has 0 radical (unpaired) electrons. The van der Waals surface area contributed by atoms with Crippen LogP contribution in [0.4, 0.5) is 8.78 Å². The van der Waals surface area contributed by atoms with E-state index < -0.39 is 30.1 Å². The molecule has 1 aliphatic heterocycles. The van der Waals surface area contributed by atoms with E-state index in [9.17, 15) is 8.78 Å². The first kappa shape index (κ1) is 10.8. The predicted molar refractivity (Wildman–Crippen MR) is 58.2 cm³/mol. The molecule has 0 bridgehead atoms. The molecule has 13 heavy (non-hydrogen) atoms. The minimum absolute atomic E-state index is 0.182. The lowest BCUT2D eigenvalue weighted by Crippen LogP contribution is -2.20. The third-order valence-corrected chi connectivity index (χ3v) is 3.02. The molecule has 0 amide bonds. The van der Waals surface area contributed by atoms with Gasteiger partial charge in [-0.25, -0.2) is 4.39 Å². The molecular weight excluding hydrogens is 289 g/mol. The van der Waals surface area contributed by atoms with Crippen molar-refractivity contribution in [2.45, 2.75) is 26.4 Å². The lowest BCUT2D eigenvalue weighted by atomic mass is 10.2. The number of rotatable bonds is 1. The summed E-state index contributed by atoms with van der Waals surface area (Å²) in [5.74, 6) is 0.182. The maximum Gasteiger partial charge on any atom is 0.199 e. The van der Waals surface area contributed by atoms with Crippen molar-refractivity contribution < 1.29 is 13.5 Å². The molecule has 0 saturated carbocycles. The van der Waals surface area contributed by atoms with Gasteiger partial charge in [-0.1, -0.05) is 0 Å². The third kappa shape index (κ3) is 3.54. The van der Waals surface area contributed by atoms with Gasteiger partial charge in [0.1, 0.15) is 5.60 Å². The summed E-state index contributed by atoms with van der Waals surface area (Å²) in [6.07, 6.45) is 2.62. The van der Waals surface area contributed by atoms with Crippen molar-refractivity contribution in [1.82, 2.24) is 0 Å². The van der Waals surface area contributed by atoms with Crippen LogP contribution >= 0.6 is 20.7 Å². The average molecular weight is 300 g/mol. The zero-order valence-electron chi connectivity index (χ0n) is 7.70. The molecule has 1 heterocycles. The van der Waals surface area contributed by atoms with Crippen LogP contribution < -0.4 is 0 Å². The molecule has 74 valence electrons. The van der Waals surface area contributed by atoms with Crippen LogP contribution in [0.25, 0.3) is 0 Å². The highest BCUT2D eigenvalue weighted by Crippen LogP contribution is 2.28. The van der Waals surface area contributed by atoms with Crippen molar-refractivity contribution in [3.63, 3.8) is 0 Å². The standard InChI is InChI=1S/C9H11F2IO/c1-9(2,3)13-6-4-5-7(10)12-8(6)11/h4-5H,1-3H3. The van der Waals surface area contributed by atoms with Crippen molar-refractivity contribution in [3.05, 3.63) is 21.7 Å². The molecule has 0 N–H and O–H groups in total. The van der Waals surface area contributed by atoms with Crippen molar-refractivity contribution in [2.24, 2.45) is 0 Å². The van der Waals surface area contributed by atoms with Gasteiger partial charge in [0.05, 0.1) is 0 Å². The van der Waals surface area contributed by atoms with Gasteiger partial charge in [0.2, 0.25) is 0 Å². The first-order chi connectivity index (χ1) is 5.88. The number of halogens is 3. The number of allylic oxidation sites excluding steroid dienone is 3. The summed E-state index contributed by atoms with van der Waals surface area (Å²) in [5, 5.41) is 0. The maximum atomic E-state index is 13.1. The minimum Gasteiger partial charge on any atom is -0.485 e. The Hall–Kier alpha value is -0.260. The van der Waals surface area contributed by atoms with Gasteiger partial charge in [0, 0.05) is 0 Å². The van der Waals surface area contributed by atoms with E-state index in [0.29, 0.717) is 0 Å². The minimum atomic E-state index is -1.25. The van der Waals surface area contributed by atoms with Gasteiger partial charge < -0.3 is 4.74 Å². The predicted octanol–water partition coefficient (Wildman–Crippen LogP) is 3.58. The van der Waals surface area contributed by atoms with Crippen LogP contribution in [0.2, 0.25) is 0 Å². The van der Waals surface area contributed by atoms with E-state index in [1.807, 2.05) is 20.8 Å². The summed E-state index contributed by atoms with van der Waals surface area (Å²) in [4.78, 5) is 0. The zero-order chi connectivity index (χ0) is 10.1. The molecule has 0 aromatic rings. The molecule has 0 saturated heterocycles. The summed E-state index contributed by atoms with van der Waals surface area (Å²) in [5.41, 5.74) is -0.436. The second-order valence-electron chi connectivity index (χ2n) is 3.56. The Kier molecular flexibility index (Phi) is 3.21. The van der Waals surface area contributed by atoms with E-state index >= 15 is 0 Å². The van der Waals surface area contributed by atoms with Gasteiger partial charge in [-0.3, -0.25) is 0 Å². The molecule has 4 heteroatoms. The molecule has 0 spiro atoms. The van der Waals surface area contributed by atoms with Crippen molar-refractivity contribution in [1.29, 1.82) is 0 Å². The van der Waals surface area contributed by atoms with Crippen LogP contribution in [0.3, 0.4) is 0 Å². The first-order valence-electron chi connectivity index (χ1n) is 3.82. The number of hydrogen-bond acceptors (Lipinski definition) is 1. The Bertz CT molecular complexity index is 297. The lowest BCUT2D eigenvalue weighted by molar-refractivity contribution is 0.0629. The highest BCUT2D eigenvalue weighted by molar-refractivity contribution is 14.2. The van der Waals surface area contributed by atoms with Crippen molar-refractivity contribution >= 4 is 24.5 Å². The van der Waals surface area contributed by atoms with Crippen LogP contribution in [0, 0.1) is 0 Å². The van der Waals surface area contributed by atoms with E-state index in [-0.39, 0.29) is 9.59 Å². The van der Waals surface area contributed by atoms with Crippen LogP contribution in [-0.2, 0) is 4.74 Å². The van der Waals surface area contributed by atoms with E-state index in [1.165, 1.54) is 12.2 Å². The second kappa shape index (κ2) is 3.86. The second-order valence-corrected chi connectivity index (χ2v) is 6.07. The van der Waals surface area contributed by atoms with E-state index in [4.69, 9.17) is 4.74 Å². The molecule has 1 rings (SSSR count). The molecule has 0 unspecified atom stereocenters. The lowest BCUT2D eigenvalue weighted by Gasteiger charge is -2.22. The Labute approximate surface area is 86.2 Å². The molecule has 0 aliphatic carbocycles. The number of hydrogen-bond donors (Lipinski definition) is 0. The van der Waals surface area contributed by atoms with Gasteiger partial charge in [0.25, 0.3) is 0 Å². The van der Waals surface area contributed by atoms with Gasteiger partial charge in [-0.05, 0) is 53.7 Å². The summed E-state index contributed by atoms with van der Waals surface area (Å²) in [7, 11) is 0. The Morgan fingerprint density at radius 3 is 2.31 bits per heavy atom. The smallest absolute Gasteiger partial charge is 0.199 e. The van der Waals surface area contributed by atoms with Gasteiger partial charge >= 0.3 is 0 Å². The fourth-order valence-corrected chi connectivity index (χ4v) is 2.13. The van der Waals surface area contributed by atoms with E-state index in [0.717, 1.165) is 0 Å². The SMILES string of the molecule is CC(C)(C)OC1=CC=C(F)I=C1F. The summed E-state index contributed by atoms with van der Waals surface area (Å²) in [6, 6.07) is 0. The molecule has 0 fully saturated rings. The van der Waals surface area contributed by atoms with Crippen LogP contribution in [0.15, 0.2) is 21.7 Å². The topological polar surface area (TPSA) is 9.23 Å². The normalized spacial score (nSPS) is 18.1. The maximum absolute atomic E-state index is 13.1. The molecule has 0 aromatic heterocycles. The van der Waals surface area contributed by atoms with Crippen molar-refractivity contribution in [2.75, 3.05) is 0 Å². The van der Waals surface area contributed by atoms with Crippen LogP contribution in [-0.4, -0.2) is 9.36 Å². The Balaban J connectivity index is 2.80. The van der Waals surface area contributed by atoms with Crippen LogP contribution in [0.5, 0.6) is 0 Å². The van der Waals surface area contributed by atoms with Gasteiger partial charge in [-0.15, -0.1) is 0 Å². The zero-order valence-corrected chi connectivity index (χ0v) is 9.85. The Morgan fingerprint density at radius 2 is 1.85 bits per heavy atom. The van der Waals surface area contributed by atoms with E-state index in [2.05, 4.69) is 0 Å². The fourth-order valence-electron chi connectivity index (χ4n) is 0.761. The van der Waals surface area contributed by atoms with Gasteiger partial charge in [-0.2, -0.15) is 4.39 Å². The highest BCUT2D eigenvalue weighted by atomic mass is 127. The van der Waals surface area contributed by atoms with Crippen molar-refractivity contribution in [3.8, 4) is 0 Å². The summed E-state index contributed by atoms with van der Waals surface area (Å²) in [6.45, 7) is 5.48. The summed E-state index contributed by atoms with van der Waals surface area (Å²) < 4.78 is 30.2. The quantitative estimate of drug-likeness (QED) is 0.673. The third-order valence-electron chi connectivity index (χ3n) is 1.14. The first-order valence-corrected chi connectivity index (χ1v) is 5.98. The molecule has 1 aliphatic rings. The fraction of sp³-hybridized carbons (Fsp3) is 0.444. The highest BCUT2D eigenvalue weighted by Gasteiger charge is 2.18. The van der Waals surface area contributed by atoms with Crippen LogP contribution in [0.1, 0.15) is 20.8 Å². The van der Waals surface area contributed by atoms with E-state index in [1.54, 1.807) is 0 Å². The monoisotopic (exact) mass is 300 g/mol. The largest absolute Gasteiger partial charge is 0.485 e. The number of ether oxygens (including phenoxy) is 1.